The number of halogens is 3. The smallest absolute Gasteiger partial charge is 0.421 e. The van der Waals surface area contributed by atoms with Gasteiger partial charge >= 0.3 is 6.18 Å². The van der Waals surface area contributed by atoms with Crippen molar-refractivity contribution in [3.05, 3.63) is 60.4 Å². The first-order chi connectivity index (χ1) is 19.8. The Kier molecular flexibility index (Phi) is 8.56. The van der Waals surface area contributed by atoms with E-state index in [0.717, 1.165) is 17.3 Å². The number of amides is 1. The van der Waals surface area contributed by atoms with E-state index in [4.69, 9.17) is 4.74 Å². The molecule has 4 aromatic rings. The minimum atomic E-state index is -4.78. The van der Waals surface area contributed by atoms with E-state index in [0.29, 0.717) is 52.2 Å². The van der Waals surface area contributed by atoms with Gasteiger partial charge in [-0.3, -0.25) is 4.79 Å². The summed E-state index contributed by atoms with van der Waals surface area (Å²) in [5.74, 6) is -0.852. The van der Waals surface area contributed by atoms with Gasteiger partial charge in [0.25, 0.3) is 0 Å². The minimum absolute atomic E-state index is 0.0477. The fourth-order valence-corrected chi connectivity index (χ4v) is 4.24. The van der Waals surface area contributed by atoms with Gasteiger partial charge in [-0.25, -0.2) is 9.67 Å². The number of alkyl halides is 3. The van der Waals surface area contributed by atoms with Crippen LogP contribution in [0.4, 0.5) is 36.2 Å². The van der Waals surface area contributed by atoms with Crippen LogP contribution in [0.5, 0.6) is 11.5 Å². The maximum atomic E-state index is 14.1. The van der Waals surface area contributed by atoms with Gasteiger partial charge in [-0.1, -0.05) is 6.58 Å². The van der Waals surface area contributed by atoms with Crippen molar-refractivity contribution in [2.45, 2.75) is 13.1 Å². The van der Waals surface area contributed by atoms with Crippen molar-refractivity contribution in [3.8, 4) is 17.3 Å². The number of phenolic OH excluding ortho intramolecular Hbond substituents is 1. The van der Waals surface area contributed by atoms with Crippen LogP contribution >= 0.6 is 0 Å². The summed E-state index contributed by atoms with van der Waals surface area (Å²) in [5.41, 5.74) is 0.960. The average molecular weight is 585 g/mol. The van der Waals surface area contributed by atoms with Crippen LogP contribution in [0.2, 0.25) is 0 Å². The summed E-state index contributed by atoms with van der Waals surface area (Å²) in [7, 11) is 7.18. The number of aryl methyl sites for hydroxylation is 1. The zero-order chi connectivity index (χ0) is 30.8. The molecule has 0 saturated heterocycles. The highest BCUT2D eigenvalue weighted by atomic mass is 19.4. The van der Waals surface area contributed by atoms with Crippen molar-refractivity contribution in [2.75, 3.05) is 56.9 Å². The standard InChI is InChI=1S/C28H31F3N8O3/c1-7-25(41)33-20-13-21(24(42-6)14-23(20)38(5)11-10-37(3)4)34-27-32-15-19(28(29,30)31)26(35-27)39-22-9-8-17(40)12-18(22)16(2)36-39/h7-9,12-15,40H,1,10-11H2,2-6H3,(H,33,41)(H,32,34,35). The molecule has 4 rings (SSSR count). The normalized spacial score (nSPS) is 11.5. The first-order valence-corrected chi connectivity index (χ1v) is 12.7. The lowest BCUT2D eigenvalue weighted by molar-refractivity contribution is -0.138. The lowest BCUT2D eigenvalue weighted by Gasteiger charge is -2.26. The quantitative estimate of drug-likeness (QED) is 0.227. The summed E-state index contributed by atoms with van der Waals surface area (Å²) in [5, 5.41) is 20.3. The lowest BCUT2D eigenvalue weighted by atomic mass is 10.2. The molecule has 11 nitrogen and oxygen atoms in total. The number of hydrogen-bond donors (Lipinski definition) is 3. The average Bonchev–Trinajstić information content (AvgIpc) is 3.26. The Morgan fingerprint density at radius 1 is 1.17 bits per heavy atom. The second-order valence-corrected chi connectivity index (χ2v) is 9.74. The van der Waals surface area contributed by atoms with E-state index < -0.39 is 23.5 Å². The molecule has 2 heterocycles. The number of nitrogens with zero attached hydrogens (tertiary/aromatic N) is 6. The number of aromatic nitrogens is 4. The number of hydrogen-bond acceptors (Lipinski definition) is 9. The van der Waals surface area contributed by atoms with Gasteiger partial charge < -0.3 is 30.3 Å². The maximum Gasteiger partial charge on any atom is 0.421 e. The third-order valence-electron chi connectivity index (χ3n) is 6.42. The zero-order valence-corrected chi connectivity index (χ0v) is 23.7. The molecule has 0 radical (unpaired) electrons. The highest BCUT2D eigenvalue weighted by molar-refractivity contribution is 6.02. The Morgan fingerprint density at radius 2 is 1.90 bits per heavy atom. The van der Waals surface area contributed by atoms with Gasteiger partial charge in [-0.05, 0) is 51.4 Å². The highest BCUT2D eigenvalue weighted by Gasteiger charge is 2.37. The molecular formula is C28H31F3N8O3. The summed E-state index contributed by atoms with van der Waals surface area (Å²) in [4.78, 5) is 24.3. The van der Waals surface area contributed by atoms with E-state index in [-0.39, 0.29) is 11.7 Å². The van der Waals surface area contributed by atoms with Crippen molar-refractivity contribution in [1.82, 2.24) is 24.6 Å². The van der Waals surface area contributed by atoms with Crippen LogP contribution in [0.3, 0.4) is 0 Å². The van der Waals surface area contributed by atoms with Crippen LogP contribution < -0.4 is 20.3 Å². The maximum absolute atomic E-state index is 14.1. The summed E-state index contributed by atoms with van der Waals surface area (Å²) >= 11 is 0. The Labute approximate surface area is 240 Å². The molecule has 0 atom stereocenters. The number of anilines is 4. The molecule has 3 N–H and O–H groups in total. The molecule has 0 aliphatic rings. The van der Waals surface area contributed by atoms with Gasteiger partial charge in [0.05, 0.1) is 35.4 Å². The van der Waals surface area contributed by atoms with Crippen LogP contribution in [-0.2, 0) is 11.0 Å². The van der Waals surface area contributed by atoms with Crippen LogP contribution in [0.15, 0.2) is 49.2 Å². The SMILES string of the molecule is C=CC(=O)Nc1cc(Nc2ncc(C(F)(F)F)c(-n3nc(C)c4cc(O)ccc43)n2)c(OC)cc1N(C)CCN(C)C. The minimum Gasteiger partial charge on any atom is -0.508 e. The molecule has 2 aromatic heterocycles. The largest absolute Gasteiger partial charge is 0.508 e. The number of rotatable bonds is 10. The van der Waals surface area contributed by atoms with Crippen molar-refractivity contribution in [2.24, 2.45) is 0 Å². The number of benzene rings is 2. The number of fused-ring (bicyclic) bond motifs is 1. The fourth-order valence-electron chi connectivity index (χ4n) is 4.24. The lowest BCUT2D eigenvalue weighted by Crippen LogP contribution is -2.29. The molecule has 1 amide bonds. The van der Waals surface area contributed by atoms with Crippen molar-refractivity contribution in [3.63, 3.8) is 0 Å². The number of carbonyl (C=O) groups is 1. The number of aromatic hydroxyl groups is 1. The predicted octanol–water partition coefficient (Wildman–Crippen LogP) is 4.72. The first-order valence-electron chi connectivity index (χ1n) is 12.7. The second kappa shape index (κ2) is 11.9. The van der Waals surface area contributed by atoms with Gasteiger partial charge in [0.15, 0.2) is 5.82 Å². The topological polar surface area (TPSA) is 121 Å². The van der Waals surface area contributed by atoms with E-state index in [2.05, 4.69) is 32.3 Å². The van der Waals surface area contributed by atoms with E-state index in [9.17, 15) is 23.1 Å². The monoisotopic (exact) mass is 584 g/mol. The van der Waals surface area contributed by atoms with Gasteiger partial charge in [0, 0.05) is 37.8 Å². The number of nitrogens with one attached hydrogen (secondary N) is 2. The van der Waals surface area contributed by atoms with E-state index >= 15 is 0 Å². The summed E-state index contributed by atoms with van der Waals surface area (Å²) in [6.07, 6.45) is -2.98. The zero-order valence-electron chi connectivity index (χ0n) is 23.7. The third-order valence-corrected chi connectivity index (χ3v) is 6.42. The number of carbonyl (C=O) groups excluding carboxylic acids is 1. The van der Waals surface area contributed by atoms with E-state index in [1.165, 1.54) is 25.3 Å². The fraction of sp³-hybridized carbons (Fsp3) is 0.286. The highest BCUT2D eigenvalue weighted by Crippen LogP contribution is 2.39. The van der Waals surface area contributed by atoms with E-state index in [1.807, 2.05) is 30.9 Å². The Morgan fingerprint density at radius 3 is 2.55 bits per heavy atom. The van der Waals surface area contributed by atoms with Gasteiger partial charge in [0.2, 0.25) is 11.9 Å². The third kappa shape index (κ3) is 6.38. The molecule has 0 bridgehead atoms. The number of likely N-dealkylation sites (N-methyl/N-ethyl adjacent to an activating group) is 2. The molecule has 0 saturated carbocycles. The molecule has 0 aliphatic carbocycles. The van der Waals surface area contributed by atoms with Gasteiger partial charge in [-0.2, -0.15) is 23.3 Å². The van der Waals surface area contributed by atoms with E-state index in [1.54, 1.807) is 19.1 Å². The van der Waals surface area contributed by atoms with Crippen molar-refractivity contribution >= 4 is 39.8 Å². The molecule has 0 aliphatic heterocycles. The summed E-state index contributed by atoms with van der Waals surface area (Å²) in [6, 6.07) is 7.51. The predicted molar refractivity (Wildman–Crippen MR) is 155 cm³/mol. The first kappa shape index (κ1) is 30.1. The summed E-state index contributed by atoms with van der Waals surface area (Å²) < 4.78 is 48.8. The van der Waals surface area contributed by atoms with Gasteiger partial charge in [-0.15, -0.1) is 0 Å². The van der Waals surface area contributed by atoms with Crippen LogP contribution in [0.25, 0.3) is 16.7 Å². The Balaban J connectivity index is 1.82. The molecule has 2 aromatic carbocycles. The Hall–Kier alpha value is -4.85. The molecule has 0 spiro atoms. The van der Waals surface area contributed by atoms with Crippen molar-refractivity contribution < 1.29 is 27.8 Å². The van der Waals surface area contributed by atoms with Crippen LogP contribution in [-0.4, -0.2) is 77.0 Å². The van der Waals surface area contributed by atoms with Crippen LogP contribution in [0, 0.1) is 6.92 Å². The number of phenols is 1. The van der Waals surface area contributed by atoms with Gasteiger partial charge in [0.1, 0.15) is 17.1 Å². The second-order valence-electron chi connectivity index (χ2n) is 9.74. The molecule has 0 unspecified atom stereocenters. The van der Waals surface area contributed by atoms with Crippen LogP contribution in [0.1, 0.15) is 11.3 Å². The van der Waals surface area contributed by atoms with Crippen molar-refractivity contribution in [1.29, 1.82) is 0 Å². The molecule has 222 valence electrons. The molecule has 14 heteroatoms. The number of methoxy groups -OCH3 is 1. The molecule has 0 fully saturated rings. The Bertz CT molecular complexity index is 1640. The number of ether oxygens (including phenoxy) is 1. The summed E-state index contributed by atoms with van der Waals surface area (Å²) in [6.45, 7) is 6.48. The molecule has 42 heavy (non-hydrogen) atoms. The molecular weight excluding hydrogens is 553 g/mol.